The number of hydrogen-bond acceptors (Lipinski definition) is 4. The van der Waals surface area contributed by atoms with Crippen molar-refractivity contribution in [3.05, 3.63) is 75.1 Å². The summed E-state index contributed by atoms with van der Waals surface area (Å²) in [6.07, 6.45) is 2.45. The molecule has 1 aliphatic rings. The Morgan fingerprint density at radius 3 is 2.89 bits per heavy atom. The molecule has 0 aliphatic carbocycles. The van der Waals surface area contributed by atoms with Crippen molar-refractivity contribution in [1.29, 1.82) is 0 Å². The largest absolute Gasteiger partial charge is 0.333 e. The van der Waals surface area contributed by atoms with Gasteiger partial charge in [-0.1, -0.05) is 37.8 Å². The van der Waals surface area contributed by atoms with Gasteiger partial charge in [0.1, 0.15) is 0 Å². The monoisotopic (exact) mass is 394 g/mol. The molecule has 0 saturated carbocycles. The molecule has 5 heteroatoms. The molecule has 3 heterocycles. The van der Waals surface area contributed by atoms with Gasteiger partial charge >= 0.3 is 0 Å². The van der Waals surface area contributed by atoms with Crippen molar-refractivity contribution in [1.82, 2.24) is 9.88 Å². The molecule has 0 fully saturated rings. The van der Waals surface area contributed by atoms with Crippen LogP contribution in [0, 0.1) is 6.92 Å². The first-order valence-electron chi connectivity index (χ1n) is 9.14. The lowest BCUT2D eigenvalue weighted by molar-refractivity contribution is -0.127. The van der Waals surface area contributed by atoms with Crippen molar-refractivity contribution in [3.8, 4) is 10.4 Å². The highest BCUT2D eigenvalue weighted by Crippen LogP contribution is 2.42. The number of hydrogen-bond donors (Lipinski definition) is 0. The second kappa shape index (κ2) is 7.41. The smallest absolute Gasteiger partial charge is 0.246 e. The number of nitrogens with zero attached hydrogens (tertiary/aromatic N) is 2. The van der Waals surface area contributed by atoms with Gasteiger partial charge < -0.3 is 4.90 Å². The van der Waals surface area contributed by atoms with Gasteiger partial charge in [0.15, 0.2) is 0 Å². The van der Waals surface area contributed by atoms with E-state index < -0.39 is 0 Å². The van der Waals surface area contributed by atoms with E-state index >= 15 is 0 Å². The van der Waals surface area contributed by atoms with E-state index in [4.69, 9.17) is 0 Å². The Balaban J connectivity index is 1.86. The van der Waals surface area contributed by atoms with Crippen LogP contribution in [0.4, 0.5) is 0 Å². The predicted octanol–water partition coefficient (Wildman–Crippen LogP) is 5.40. The number of aryl methyl sites for hydroxylation is 2. The zero-order valence-electron chi connectivity index (χ0n) is 15.6. The SMILES string of the molecule is C=CC(=O)N1Cc2sc(CC)cc2[C@@H](c2ccccc2-c2scnc2C)C1. The van der Waals surface area contributed by atoms with Crippen molar-refractivity contribution in [2.45, 2.75) is 32.7 Å². The fourth-order valence-electron chi connectivity index (χ4n) is 3.78. The minimum Gasteiger partial charge on any atom is -0.333 e. The zero-order chi connectivity index (χ0) is 19.0. The number of thiazole rings is 1. The lowest BCUT2D eigenvalue weighted by atomic mass is 9.85. The van der Waals surface area contributed by atoms with Crippen molar-refractivity contribution in [2.75, 3.05) is 6.54 Å². The first-order valence-corrected chi connectivity index (χ1v) is 10.8. The first-order chi connectivity index (χ1) is 13.1. The molecular weight excluding hydrogens is 372 g/mol. The molecule has 27 heavy (non-hydrogen) atoms. The summed E-state index contributed by atoms with van der Waals surface area (Å²) in [7, 11) is 0. The Hall–Kier alpha value is -2.24. The van der Waals surface area contributed by atoms with Crippen LogP contribution in [0.2, 0.25) is 0 Å². The molecule has 1 aliphatic heterocycles. The number of carbonyl (C=O) groups excluding carboxylic acids is 1. The minimum atomic E-state index is 0.00329. The van der Waals surface area contributed by atoms with Crippen LogP contribution in [-0.2, 0) is 17.8 Å². The summed E-state index contributed by atoms with van der Waals surface area (Å²) in [6, 6.07) is 10.9. The molecule has 3 aromatic rings. The molecule has 1 aromatic carbocycles. The second-order valence-corrected chi connectivity index (χ2v) is 8.85. The third kappa shape index (κ3) is 3.26. The molecule has 1 amide bonds. The van der Waals surface area contributed by atoms with E-state index in [2.05, 4.69) is 55.7 Å². The van der Waals surface area contributed by atoms with Crippen LogP contribution < -0.4 is 0 Å². The van der Waals surface area contributed by atoms with Gasteiger partial charge in [-0.3, -0.25) is 4.79 Å². The molecule has 2 aromatic heterocycles. The van der Waals surface area contributed by atoms with Gasteiger partial charge in [0.05, 0.1) is 22.6 Å². The van der Waals surface area contributed by atoms with E-state index in [1.54, 1.807) is 11.3 Å². The van der Waals surface area contributed by atoms with Crippen LogP contribution in [0.1, 0.15) is 39.4 Å². The van der Waals surface area contributed by atoms with E-state index in [1.807, 2.05) is 21.7 Å². The molecular formula is C22H22N2OS2. The number of benzene rings is 1. The maximum atomic E-state index is 12.4. The number of amides is 1. The van der Waals surface area contributed by atoms with Gasteiger partial charge in [-0.15, -0.1) is 22.7 Å². The number of fused-ring (bicyclic) bond motifs is 1. The highest BCUT2D eigenvalue weighted by atomic mass is 32.1. The summed E-state index contributed by atoms with van der Waals surface area (Å²) >= 11 is 3.51. The van der Waals surface area contributed by atoms with Crippen LogP contribution in [0.3, 0.4) is 0 Å². The Morgan fingerprint density at radius 2 is 2.19 bits per heavy atom. The molecule has 0 unspecified atom stereocenters. The fraction of sp³-hybridized carbons (Fsp3) is 0.273. The van der Waals surface area contributed by atoms with Crippen LogP contribution in [0.5, 0.6) is 0 Å². The average molecular weight is 395 g/mol. The van der Waals surface area contributed by atoms with E-state index in [-0.39, 0.29) is 11.8 Å². The van der Waals surface area contributed by atoms with Gasteiger partial charge in [-0.25, -0.2) is 4.98 Å². The maximum Gasteiger partial charge on any atom is 0.246 e. The lowest BCUT2D eigenvalue weighted by Gasteiger charge is -2.33. The third-order valence-electron chi connectivity index (χ3n) is 5.17. The summed E-state index contributed by atoms with van der Waals surface area (Å²) in [5, 5.41) is 0. The number of rotatable bonds is 4. The lowest BCUT2D eigenvalue weighted by Crippen LogP contribution is -2.37. The average Bonchev–Trinajstić information content (AvgIpc) is 3.32. The van der Waals surface area contributed by atoms with Crippen LogP contribution in [0.25, 0.3) is 10.4 Å². The minimum absolute atomic E-state index is 0.00329. The summed E-state index contributed by atoms with van der Waals surface area (Å²) < 4.78 is 0. The molecule has 4 rings (SSSR count). The van der Waals surface area contributed by atoms with Crippen LogP contribution in [0.15, 0.2) is 48.5 Å². The van der Waals surface area contributed by atoms with Crippen molar-refractivity contribution >= 4 is 28.6 Å². The van der Waals surface area contributed by atoms with Gasteiger partial charge in [-0.05, 0) is 42.2 Å². The van der Waals surface area contributed by atoms with E-state index in [0.29, 0.717) is 13.1 Å². The van der Waals surface area contributed by atoms with Crippen molar-refractivity contribution in [3.63, 3.8) is 0 Å². The predicted molar refractivity (Wildman–Crippen MR) is 113 cm³/mol. The third-order valence-corrected chi connectivity index (χ3v) is 7.41. The summed E-state index contributed by atoms with van der Waals surface area (Å²) in [6.45, 7) is 9.30. The Labute approximate surface area is 168 Å². The Kier molecular flexibility index (Phi) is 4.98. The fourth-order valence-corrected chi connectivity index (χ4v) is 5.82. The first kappa shape index (κ1) is 18.1. The number of aromatic nitrogens is 1. The number of thiophene rings is 1. The molecule has 0 bridgehead atoms. The van der Waals surface area contributed by atoms with Gasteiger partial charge in [0.2, 0.25) is 5.91 Å². The maximum absolute atomic E-state index is 12.4. The molecule has 138 valence electrons. The standard InChI is InChI=1S/C22H22N2OS2/c1-4-15-10-18-19(11-24(21(25)5-2)12-20(18)27-15)16-8-6-7-9-17(16)22-14(3)23-13-26-22/h5-10,13,19H,2,4,11-12H2,1,3H3/t19-/m1/s1. The van der Waals surface area contributed by atoms with Crippen LogP contribution in [-0.4, -0.2) is 22.3 Å². The Bertz CT molecular complexity index is 1000. The topological polar surface area (TPSA) is 33.2 Å². The van der Waals surface area contributed by atoms with E-state index in [0.717, 1.165) is 12.1 Å². The van der Waals surface area contributed by atoms with Crippen molar-refractivity contribution < 1.29 is 4.79 Å². The summed E-state index contributed by atoms with van der Waals surface area (Å²) in [5.41, 5.74) is 6.83. The summed E-state index contributed by atoms with van der Waals surface area (Å²) in [4.78, 5) is 22.7. The van der Waals surface area contributed by atoms with Crippen molar-refractivity contribution in [2.24, 2.45) is 0 Å². The molecule has 0 saturated heterocycles. The molecule has 3 nitrogen and oxygen atoms in total. The quantitative estimate of drug-likeness (QED) is 0.555. The molecule has 0 radical (unpaired) electrons. The van der Waals surface area contributed by atoms with Gasteiger partial charge in [-0.2, -0.15) is 0 Å². The Morgan fingerprint density at radius 1 is 1.37 bits per heavy atom. The highest BCUT2D eigenvalue weighted by Gasteiger charge is 2.31. The highest BCUT2D eigenvalue weighted by molar-refractivity contribution is 7.13. The van der Waals surface area contributed by atoms with Gasteiger partial charge in [0.25, 0.3) is 0 Å². The molecule has 0 N–H and O–H groups in total. The molecule has 0 spiro atoms. The zero-order valence-corrected chi connectivity index (χ0v) is 17.2. The number of carbonyl (C=O) groups is 1. The normalized spacial score (nSPS) is 16.2. The van der Waals surface area contributed by atoms with E-state index in [9.17, 15) is 4.79 Å². The van der Waals surface area contributed by atoms with E-state index in [1.165, 1.54) is 37.4 Å². The second-order valence-electron chi connectivity index (χ2n) is 6.77. The van der Waals surface area contributed by atoms with Gasteiger partial charge in [0, 0.05) is 22.2 Å². The van der Waals surface area contributed by atoms with Crippen LogP contribution >= 0.6 is 22.7 Å². The molecule has 1 atom stereocenters. The summed E-state index contributed by atoms with van der Waals surface area (Å²) in [5.74, 6) is 0.176.